The van der Waals surface area contributed by atoms with Crippen LogP contribution in [-0.4, -0.2) is 14.2 Å². The first kappa shape index (κ1) is 13.9. The van der Waals surface area contributed by atoms with Crippen molar-refractivity contribution in [2.24, 2.45) is 0 Å². The fraction of sp³-hybridized carbons (Fsp3) is 0.143. The summed E-state index contributed by atoms with van der Waals surface area (Å²) in [4.78, 5) is 0. The molecule has 0 radical (unpaired) electrons. The number of nitrogen functional groups attached to an aromatic ring is 1. The van der Waals surface area contributed by atoms with Crippen LogP contribution >= 0.6 is 0 Å². The summed E-state index contributed by atoms with van der Waals surface area (Å²) in [5, 5.41) is 2.96. The van der Waals surface area contributed by atoms with Crippen LogP contribution in [0.15, 0.2) is 30.3 Å². The smallest absolute Gasteiger partial charge is 0.167 e. The van der Waals surface area contributed by atoms with Crippen molar-refractivity contribution in [3.63, 3.8) is 0 Å². The summed E-state index contributed by atoms with van der Waals surface area (Å²) in [7, 11) is 2.73. The number of hydrogen-bond donors (Lipinski definition) is 2. The van der Waals surface area contributed by atoms with Crippen LogP contribution in [0, 0.1) is 11.6 Å². The fourth-order valence-corrected chi connectivity index (χ4v) is 1.73. The van der Waals surface area contributed by atoms with Gasteiger partial charge < -0.3 is 20.5 Å². The number of nitrogens with two attached hydrogens (primary N) is 1. The van der Waals surface area contributed by atoms with E-state index < -0.39 is 11.6 Å². The lowest BCUT2D eigenvalue weighted by molar-refractivity contribution is 0.386. The van der Waals surface area contributed by atoms with Crippen LogP contribution in [0.1, 0.15) is 0 Å². The van der Waals surface area contributed by atoms with E-state index in [4.69, 9.17) is 15.2 Å². The second kappa shape index (κ2) is 5.64. The van der Waals surface area contributed by atoms with E-state index in [-0.39, 0.29) is 17.2 Å². The Morgan fingerprint density at radius 2 is 1.60 bits per heavy atom. The zero-order valence-electron chi connectivity index (χ0n) is 11.0. The van der Waals surface area contributed by atoms with Gasteiger partial charge in [-0.2, -0.15) is 0 Å². The van der Waals surface area contributed by atoms with Crippen LogP contribution in [0.25, 0.3) is 0 Å². The molecule has 0 unspecified atom stereocenters. The van der Waals surface area contributed by atoms with Gasteiger partial charge in [-0.25, -0.2) is 8.78 Å². The Kier molecular flexibility index (Phi) is 3.93. The number of anilines is 3. The third-order valence-corrected chi connectivity index (χ3v) is 2.75. The molecule has 0 bridgehead atoms. The van der Waals surface area contributed by atoms with Crippen molar-refractivity contribution in [3.05, 3.63) is 42.0 Å². The van der Waals surface area contributed by atoms with Crippen LogP contribution in [0.5, 0.6) is 11.5 Å². The minimum absolute atomic E-state index is 0.0655. The number of benzene rings is 2. The second-order valence-electron chi connectivity index (χ2n) is 4.05. The molecular formula is C14H14F2N2O2. The first-order valence-electron chi connectivity index (χ1n) is 5.78. The van der Waals surface area contributed by atoms with Gasteiger partial charge in [-0.15, -0.1) is 0 Å². The van der Waals surface area contributed by atoms with Crippen molar-refractivity contribution in [1.29, 1.82) is 0 Å². The summed E-state index contributed by atoms with van der Waals surface area (Å²) in [6.07, 6.45) is 0. The highest BCUT2D eigenvalue weighted by molar-refractivity contribution is 5.74. The normalized spacial score (nSPS) is 10.2. The molecule has 3 N–H and O–H groups in total. The quantitative estimate of drug-likeness (QED) is 0.844. The van der Waals surface area contributed by atoms with Gasteiger partial charge in [0.15, 0.2) is 23.1 Å². The topological polar surface area (TPSA) is 56.5 Å². The van der Waals surface area contributed by atoms with Gasteiger partial charge in [0, 0.05) is 23.9 Å². The second-order valence-corrected chi connectivity index (χ2v) is 4.05. The van der Waals surface area contributed by atoms with Gasteiger partial charge in [0.2, 0.25) is 0 Å². The monoisotopic (exact) mass is 280 g/mol. The standard InChI is InChI=1S/C14H14F2N2O2/c1-19-13-5-8(3-4-9(13)15)18-12-7-14(20-2)10(16)6-11(12)17/h3-7,18H,17H2,1-2H3. The van der Waals surface area contributed by atoms with Crippen LogP contribution in [0.4, 0.5) is 25.8 Å². The Morgan fingerprint density at radius 1 is 0.950 bits per heavy atom. The molecule has 2 aromatic carbocycles. The average Bonchev–Trinajstić information content (AvgIpc) is 2.43. The molecular weight excluding hydrogens is 266 g/mol. The molecule has 2 rings (SSSR count). The Morgan fingerprint density at radius 3 is 2.25 bits per heavy atom. The molecule has 0 amide bonds. The van der Waals surface area contributed by atoms with Crippen molar-refractivity contribution in [1.82, 2.24) is 0 Å². The minimum Gasteiger partial charge on any atom is -0.494 e. The van der Waals surface area contributed by atoms with Crippen molar-refractivity contribution in [2.75, 3.05) is 25.3 Å². The minimum atomic E-state index is -0.549. The molecule has 6 heteroatoms. The SMILES string of the molecule is COc1cc(Nc2cc(OC)c(F)cc2N)ccc1F. The molecule has 0 atom stereocenters. The third-order valence-electron chi connectivity index (χ3n) is 2.75. The maximum atomic E-state index is 13.4. The van der Waals surface area contributed by atoms with Gasteiger partial charge in [0.1, 0.15) is 0 Å². The molecule has 106 valence electrons. The Labute approximate surface area is 115 Å². The van der Waals surface area contributed by atoms with Gasteiger partial charge in [-0.1, -0.05) is 0 Å². The van der Waals surface area contributed by atoms with Crippen LogP contribution in [-0.2, 0) is 0 Å². The number of ether oxygens (including phenoxy) is 2. The van der Waals surface area contributed by atoms with E-state index in [1.807, 2.05) is 0 Å². The average molecular weight is 280 g/mol. The lowest BCUT2D eigenvalue weighted by Crippen LogP contribution is -2.00. The van der Waals surface area contributed by atoms with E-state index in [1.54, 1.807) is 0 Å². The number of hydrogen-bond acceptors (Lipinski definition) is 4. The summed E-state index contributed by atoms with van der Waals surface area (Å²) >= 11 is 0. The Bertz CT molecular complexity index is 633. The third kappa shape index (κ3) is 2.74. The number of nitrogens with one attached hydrogen (secondary N) is 1. The summed E-state index contributed by atoms with van der Waals surface area (Å²) in [6, 6.07) is 6.85. The van der Waals surface area contributed by atoms with Crippen LogP contribution in [0.2, 0.25) is 0 Å². The zero-order valence-corrected chi connectivity index (χ0v) is 11.0. The molecule has 0 aliphatic carbocycles. The number of halogens is 2. The van der Waals surface area contributed by atoms with Gasteiger partial charge in [-0.3, -0.25) is 0 Å². The van der Waals surface area contributed by atoms with E-state index >= 15 is 0 Å². The summed E-state index contributed by atoms with van der Waals surface area (Å²) in [5.41, 5.74) is 6.96. The zero-order chi connectivity index (χ0) is 14.7. The van der Waals surface area contributed by atoms with Gasteiger partial charge >= 0.3 is 0 Å². The van der Waals surface area contributed by atoms with Gasteiger partial charge in [0.05, 0.1) is 25.6 Å². The molecule has 0 fully saturated rings. The van der Waals surface area contributed by atoms with E-state index in [9.17, 15) is 8.78 Å². The van der Waals surface area contributed by atoms with Crippen LogP contribution < -0.4 is 20.5 Å². The molecule has 0 aromatic heterocycles. The first-order valence-corrected chi connectivity index (χ1v) is 5.78. The van der Waals surface area contributed by atoms with Crippen molar-refractivity contribution < 1.29 is 18.3 Å². The highest BCUT2D eigenvalue weighted by Gasteiger charge is 2.10. The summed E-state index contributed by atoms with van der Waals surface area (Å²) < 4.78 is 36.5. The predicted molar refractivity (Wildman–Crippen MR) is 73.6 cm³/mol. The molecule has 4 nitrogen and oxygen atoms in total. The summed E-state index contributed by atoms with van der Waals surface area (Å²) in [5.74, 6) is -0.853. The molecule has 0 aliphatic heterocycles. The summed E-state index contributed by atoms with van der Waals surface area (Å²) in [6.45, 7) is 0. The number of rotatable bonds is 4. The maximum Gasteiger partial charge on any atom is 0.167 e. The van der Waals surface area contributed by atoms with Crippen molar-refractivity contribution in [3.8, 4) is 11.5 Å². The van der Waals surface area contributed by atoms with Gasteiger partial charge in [0.25, 0.3) is 0 Å². The van der Waals surface area contributed by atoms with Crippen molar-refractivity contribution >= 4 is 17.1 Å². The highest BCUT2D eigenvalue weighted by Crippen LogP contribution is 2.31. The molecule has 0 heterocycles. The van der Waals surface area contributed by atoms with Crippen LogP contribution in [0.3, 0.4) is 0 Å². The lowest BCUT2D eigenvalue weighted by Gasteiger charge is -2.13. The van der Waals surface area contributed by atoms with E-state index in [1.165, 1.54) is 38.5 Å². The lowest BCUT2D eigenvalue weighted by atomic mass is 10.2. The van der Waals surface area contributed by atoms with Crippen molar-refractivity contribution in [2.45, 2.75) is 0 Å². The highest BCUT2D eigenvalue weighted by atomic mass is 19.1. The Hall–Kier alpha value is -2.50. The fourth-order valence-electron chi connectivity index (χ4n) is 1.73. The molecule has 0 aliphatic rings. The maximum absolute atomic E-state index is 13.4. The van der Waals surface area contributed by atoms with Gasteiger partial charge in [-0.05, 0) is 12.1 Å². The molecule has 0 spiro atoms. The van der Waals surface area contributed by atoms with E-state index in [0.29, 0.717) is 11.4 Å². The molecule has 0 saturated heterocycles. The Balaban J connectivity index is 2.34. The largest absolute Gasteiger partial charge is 0.494 e. The first-order chi connectivity index (χ1) is 9.55. The molecule has 0 saturated carbocycles. The predicted octanol–water partition coefficient (Wildman–Crippen LogP) is 3.31. The number of methoxy groups -OCH3 is 2. The molecule has 20 heavy (non-hydrogen) atoms. The van der Waals surface area contributed by atoms with E-state index in [0.717, 1.165) is 6.07 Å². The molecule has 2 aromatic rings. The van der Waals surface area contributed by atoms with E-state index in [2.05, 4.69) is 5.32 Å².